The van der Waals surface area contributed by atoms with Gasteiger partial charge in [0.25, 0.3) is 0 Å². The first-order valence-electron chi connectivity index (χ1n) is 25.5. The molecule has 2 rings (SSSR count). The highest BCUT2D eigenvalue weighted by molar-refractivity contribution is 5.95. The first kappa shape index (κ1) is 67.7. The smallest absolute Gasteiger partial charge is 0.420 e. The van der Waals surface area contributed by atoms with E-state index in [9.17, 15) is 28.8 Å². The maximum Gasteiger partial charge on any atom is 0.420 e. The third kappa shape index (κ3) is 25.0. The van der Waals surface area contributed by atoms with Crippen molar-refractivity contribution in [2.45, 2.75) is 241 Å². The van der Waals surface area contributed by atoms with Crippen LogP contribution in [0.25, 0.3) is 0 Å². The summed E-state index contributed by atoms with van der Waals surface area (Å²) in [6.45, 7) is 46.2. The Labute approximate surface area is 442 Å². The van der Waals surface area contributed by atoms with E-state index in [0.29, 0.717) is 16.4 Å². The quantitative estimate of drug-likeness (QED) is 0.0897. The summed E-state index contributed by atoms with van der Waals surface area (Å²) >= 11 is 0. The van der Waals surface area contributed by atoms with Gasteiger partial charge < -0.3 is 56.8 Å². The first-order chi connectivity index (χ1) is 33.5. The minimum absolute atomic E-state index is 0.0217. The summed E-state index contributed by atoms with van der Waals surface area (Å²) < 4.78 is 69.6. The van der Waals surface area contributed by atoms with Crippen molar-refractivity contribution in [1.82, 2.24) is 9.80 Å². The minimum Gasteiger partial charge on any atom is -0.458 e. The van der Waals surface area contributed by atoms with E-state index in [1.165, 1.54) is 0 Å². The summed E-state index contributed by atoms with van der Waals surface area (Å²) in [6.07, 6.45) is -6.01. The molecule has 0 radical (unpaired) electrons. The average molecular weight is 1060 g/mol. The molecule has 0 unspecified atom stereocenters. The number of amides is 4. The molecule has 20 heteroatoms. The Bertz CT molecular complexity index is 1810. The van der Waals surface area contributed by atoms with Gasteiger partial charge in [0.1, 0.15) is 59.0 Å². The van der Waals surface area contributed by atoms with Crippen molar-refractivity contribution in [3.05, 3.63) is 24.8 Å². The fraction of sp³-hybridized carbons (Fsp3) is 0.815. The van der Waals surface area contributed by atoms with Crippen molar-refractivity contribution in [2.75, 3.05) is 39.6 Å². The first-order valence-corrected chi connectivity index (χ1v) is 25.5. The molecule has 2 saturated heterocycles. The zero-order valence-corrected chi connectivity index (χ0v) is 48.9. The van der Waals surface area contributed by atoms with Gasteiger partial charge in [-0.25, -0.2) is 28.8 Å². The molecule has 0 bridgehead atoms. The molecule has 0 aromatic carbocycles. The second kappa shape index (κ2) is 28.2. The lowest BCUT2D eigenvalue weighted by Gasteiger charge is -2.36. The van der Waals surface area contributed by atoms with Gasteiger partial charge in [0.05, 0.1) is 44.2 Å². The van der Waals surface area contributed by atoms with Crippen LogP contribution < -0.4 is 0 Å². The molecule has 428 valence electrons. The van der Waals surface area contributed by atoms with E-state index >= 15 is 0 Å². The van der Waals surface area contributed by atoms with Gasteiger partial charge in [0, 0.05) is 6.61 Å². The van der Waals surface area contributed by atoms with Crippen LogP contribution in [0, 0.1) is 5.92 Å². The Hall–Kier alpha value is -4.34. The molecule has 0 aromatic heterocycles. The van der Waals surface area contributed by atoms with Gasteiger partial charge in [0.15, 0.2) is 12.1 Å². The maximum absolute atomic E-state index is 13.4. The molecule has 4 amide bonds. The summed E-state index contributed by atoms with van der Waals surface area (Å²) in [7, 11) is 0. The van der Waals surface area contributed by atoms with E-state index in [2.05, 4.69) is 13.2 Å². The number of imide groups is 2. The Morgan fingerprint density at radius 3 is 1.24 bits per heavy atom. The predicted octanol–water partition coefficient (Wildman–Crippen LogP) is 9.90. The number of esters is 2. The average Bonchev–Trinajstić information content (AvgIpc) is 3.27. The molecule has 0 saturated carbocycles. The third-order valence-electron chi connectivity index (χ3n) is 10.3. The van der Waals surface area contributed by atoms with Crippen LogP contribution in [-0.4, -0.2) is 168 Å². The number of ether oxygens (including phenoxy) is 12. The molecule has 0 N–H and O–H groups in total. The zero-order chi connectivity index (χ0) is 57.5. The maximum atomic E-state index is 13.4. The summed E-state index contributed by atoms with van der Waals surface area (Å²) in [5, 5.41) is 0. The summed E-state index contributed by atoms with van der Waals surface area (Å²) in [6, 6.07) is -2.91. The molecule has 0 spiro atoms. The van der Waals surface area contributed by atoms with Gasteiger partial charge in [-0.3, -0.25) is 0 Å². The van der Waals surface area contributed by atoms with E-state index < -0.39 is 119 Å². The van der Waals surface area contributed by atoms with Gasteiger partial charge in [-0.2, -0.15) is 9.80 Å². The van der Waals surface area contributed by atoms with Crippen LogP contribution in [0.2, 0.25) is 0 Å². The SMILES string of the molecule is C=CC(C)(C)O[C@H]1COC[C@H](N(C(=O)OC(C)(C)C)C(=O)OC(C)(C)C)C(=O)O[C@@H](C)[C@@H]1OCC(=C)C.CCC(C)(C)O[C@H]1COC[C@H](N(C(=O)OC(C)(C)C)C(=O)OC(C)(C)C)C(=O)O[C@@H](C)[C@@H]1OCC(C)C. The molecule has 2 aliphatic rings. The fourth-order valence-electron chi connectivity index (χ4n) is 6.60. The fourth-order valence-corrected chi connectivity index (χ4v) is 6.60. The van der Waals surface area contributed by atoms with Crippen molar-refractivity contribution in [3.63, 3.8) is 0 Å². The van der Waals surface area contributed by atoms with Crippen LogP contribution in [0.15, 0.2) is 24.8 Å². The highest BCUT2D eigenvalue weighted by Gasteiger charge is 2.47. The summed E-state index contributed by atoms with van der Waals surface area (Å²) in [5.74, 6) is -1.48. The van der Waals surface area contributed by atoms with Gasteiger partial charge in [-0.15, -0.1) is 6.58 Å². The van der Waals surface area contributed by atoms with Crippen LogP contribution in [0.4, 0.5) is 19.2 Å². The molecular formula is C54H94N2O18. The number of hydrogen-bond donors (Lipinski definition) is 0. The van der Waals surface area contributed by atoms with Gasteiger partial charge in [-0.05, 0) is 144 Å². The number of hydrogen-bond acceptors (Lipinski definition) is 18. The van der Waals surface area contributed by atoms with Gasteiger partial charge in [0.2, 0.25) is 0 Å². The number of carbonyl (C=O) groups is 6. The largest absolute Gasteiger partial charge is 0.458 e. The highest BCUT2D eigenvalue weighted by Crippen LogP contribution is 2.28. The molecule has 2 heterocycles. The molecule has 0 aliphatic carbocycles. The zero-order valence-electron chi connectivity index (χ0n) is 48.9. The van der Waals surface area contributed by atoms with Crippen molar-refractivity contribution in [3.8, 4) is 0 Å². The molecule has 20 nitrogen and oxygen atoms in total. The Morgan fingerprint density at radius 2 is 0.946 bits per heavy atom. The van der Waals surface area contributed by atoms with Crippen molar-refractivity contribution >= 4 is 36.3 Å². The number of nitrogens with zero attached hydrogens (tertiary/aromatic N) is 2. The lowest BCUT2D eigenvalue weighted by atomic mass is 10.0. The van der Waals surface area contributed by atoms with Crippen LogP contribution >= 0.6 is 0 Å². The summed E-state index contributed by atoms with van der Waals surface area (Å²) in [5.41, 5.74) is -4.18. The molecular weight excluding hydrogens is 965 g/mol. The minimum atomic E-state index is -1.47. The molecule has 74 heavy (non-hydrogen) atoms. The number of rotatable bonds is 14. The highest BCUT2D eigenvalue weighted by atomic mass is 16.6. The van der Waals surface area contributed by atoms with Gasteiger partial charge in [-0.1, -0.05) is 39.0 Å². The standard InChI is InChI=1S/C27H49NO9.C27H45NO9/c2*1-13-27(11,12)35-20-16-32-15-19(22(29)34-18(4)21(20)33-14-17(2)3)28(23(30)36-25(5,6)7)24(31)37-26(8,9)10/h17-21H,13-16H2,1-12H3;13,18-21H,1-2,14-16H2,3-12H3/t2*18-,19-,20-,21-/m00/s1. The van der Waals surface area contributed by atoms with Crippen LogP contribution in [0.5, 0.6) is 0 Å². The van der Waals surface area contributed by atoms with E-state index in [4.69, 9.17) is 56.8 Å². The number of carbonyl (C=O) groups excluding carboxylic acids is 6. The Morgan fingerprint density at radius 1 is 0.608 bits per heavy atom. The van der Waals surface area contributed by atoms with Crippen molar-refractivity contribution in [1.29, 1.82) is 0 Å². The van der Waals surface area contributed by atoms with Crippen molar-refractivity contribution < 1.29 is 85.6 Å². The second-order valence-electron chi connectivity index (χ2n) is 24.2. The van der Waals surface area contributed by atoms with Crippen LogP contribution in [-0.2, 0) is 66.4 Å². The molecule has 2 fully saturated rings. The Kier molecular flexibility index (Phi) is 25.7. The van der Waals surface area contributed by atoms with E-state index in [1.54, 1.807) is 110 Å². The third-order valence-corrected chi connectivity index (χ3v) is 10.3. The second-order valence-corrected chi connectivity index (χ2v) is 24.2. The molecule has 8 atom stereocenters. The van der Waals surface area contributed by atoms with Crippen LogP contribution in [0.3, 0.4) is 0 Å². The predicted molar refractivity (Wildman–Crippen MR) is 276 cm³/mol. The number of cyclic esters (lactones) is 2. The van der Waals surface area contributed by atoms with Gasteiger partial charge >= 0.3 is 36.3 Å². The lowest BCUT2D eigenvalue weighted by molar-refractivity contribution is -0.188. The van der Waals surface area contributed by atoms with Crippen LogP contribution in [0.1, 0.15) is 159 Å². The monoisotopic (exact) mass is 1060 g/mol. The van der Waals surface area contributed by atoms with E-state index in [0.717, 1.165) is 12.0 Å². The molecule has 2 aliphatic heterocycles. The Balaban J connectivity index is 0.000000740. The van der Waals surface area contributed by atoms with Crippen molar-refractivity contribution in [2.24, 2.45) is 5.92 Å². The topological polar surface area (TPSA) is 220 Å². The van der Waals surface area contributed by atoms with E-state index in [-0.39, 0.29) is 39.0 Å². The lowest BCUT2D eigenvalue weighted by Crippen LogP contribution is -2.54. The summed E-state index contributed by atoms with van der Waals surface area (Å²) in [4.78, 5) is 80.4. The molecule has 0 aromatic rings. The normalized spacial score (nSPS) is 23.8. The van der Waals surface area contributed by atoms with E-state index in [1.807, 2.05) is 48.5 Å².